The molecule has 3 rings (SSSR count). The van der Waals surface area contributed by atoms with Crippen molar-refractivity contribution in [3.63, 3.8) is 0 Å². The summed E-state index contributed by atoms with van der Waals surface area (Å²) in [5.41, 5.74) is 1.87. The van der Waals surface area contributed by atoms with Crippen LogP contribution >= 0.6 is 0 Å². The standard InChI is InChI=1S/C13H19N5O2/c1-8-10-11(18(3)16-8)12(19)17(2)13(15-10)14-7-9-5-4-6-20-9/h9H,4-7H2,1-3H3,(H,14,15)/t9-/m0/s1. The molecule has 0 aromatic carbocycles. The van der Waals surface area contributed by atoms with E-state index in [0.717, 1.165) is 25.1 Å². The molecule has 1 atom stereocenters. The third-order valence-corrected chi connectivity index (χ3v) is 3.75. The van der Waals surface area contributed by atoms with Gasteiger partial charge >= 0.3 is 0 Å². The molecule has 2 aromatic heterocycles. The first-order valence-corrected chi connectivity index (χ1v) is 6.83. The number of ether oxygens (including phenoxy) is 1. The maximum atomic E-state index is 12.4. The largest absolute Gasteiger partial charge is 0.376 e. The number of nitrogens with one attached hydrogen (secondary N) is 1. The lowest BCUT2D eigenvalue weighted by Crippen LogP contribution is -2.27. The van der Waals surface area contributed by atoms with E-state index in [1.165, 1.54) is 4.57 Å². The summed E-state index contributed by atoms with van der Waals surface area (Å²) in [7, 11) is 3.48. The molecule has 0 saturated carbocycles. The summed E-state index contributed by atoms with van der Waals surface area (Å²) in [5.74, 6) is 0.564. The predicted octanol–water partition coefficient (Wildman–Crippen LogP) is 0.566. The summed E-state index contributed by atoms with van der Waals surface area (Å²) in [6.45, 7) is 3.35. The van der Waals surface area contributed by atoms with Gasteiger partial charge in [-0.3, -0.25) is 14.0 Å². The van der Waals surface area contributed by atoms with Gasteiger partial charge < -0.3 is 10.1 Å². The SMILES string of the molecule is Cc1nn(C)c2c(=O)n(C)c(NC[C@@H]3CCCO3)nc12. The smallest absolute Gasteiger partial charge is 0.280 e. The number of rotatable bonds is 3. The summed E-state index contributed by atoms with van der Waals surface area (Å²) in [6, 6.07) is 0. The Morgan fingerprint density at radius 1 is 1.45 bits per heavy atom. The van der Waals surface area contributed by atoms with Gasteiger partial charge in [0.1, 0.15) is 5.52 Å². The van der Waals surface area contributed by atoms with Crippen LogP contribution in [0.2, 0.25) is 0 Å². The van der Waals surface area contributed by atoms with Crippen molar-refractivity contribution < 1.29 is 4.74 Å². The lowest BCUT2D eigenvalue weighted by molar-refractivity contribution is 0.120. The fourth-order valence-electron chi connectivity index (χ4n) is 2.63. The van der Waals surface area contributed by atoms with Gasteiger partial charge in [-0.05, 0) is 19.8 Å². The van der Waals surface area contributed by atoms with Gasteiger partial charge in [0.25, 0.3) is 5.56 Å². The highest BCUT2D eigenvalue weighted by Crippen LogP contribution is 2.15. The molecule has 1 aliphatic rings. The maximum Gasteiger partial charge on any atom is 0.280 e. The molecule has 1 saturated heterocycles. The predicted molar refractivity (Wildman–Crippen MR) is 76.0 cm³/mol. The Hall–Kier alpha value is -1.89. The van der Waals surface area contributed by atoms with E-state index in [1.807, 2.05) is 6.92 Å². The zero-order valence-corrected chi connectivity index (χ0v) is 12.0. The maximum absolute atomic E-state index is 12.4. The first-order valence-electron chi connectivity index (χ1n) is 6.83. The highest BCUT2D eigenvalue weighted by Gasteiger charge is 2.18. The number of fused-ring (bicyclic) bond motifs is 1. The first kappa shape index (κ1) is 13.1. The van der Waals surface area contributed by atoms with E-state index in [2.05, 4.69) is 15.4 Å². The molecule has 1 N–H and O–H groups in total. The first-order chi connectivity index (χ1) is 9.58. The van der Waals surface area contributed by atoms with E-state index in [4.69, 9.17) is 4.74 Å². The number of hydrogen-bond acceptors (Lipinski definition) is 5. The Bertz CT molecular complexity index is 697. The van der Waals surface area contributed by atoms with Gasteiger partial charge in [0.05, 0.1) is 11.8 Å². The van der Waals surface area contributed by atoms with Crippen LogP contribution in [0.15, 0.2) is 4.79 Å². The van der Waals surface area contributed by atoms with E-state index >= 15 is 0 Å². The van der Waals surface area contributed by atoms with E-state index in [1.54, 1.807) is 18.8 Å². The average molecular weight is 277 g/mol. The molecule has 0 radical (unpaired) electrons. The Balaban J connectivity index is 1.96. The highest BCUT2D eigenvalue weighted by atomic mass is 16.5. The molecule has 0 aliphatic carbocycles. The molecular weight excluding hydrogens is 258 g/mol. The Morgan fingerprint density at radius 2 is 2.25 bits per heavy atom. The molecule has 2 aromatic rings. The van der Waals surface area contributed by atoms with Crippen LogP contribution in [0.3, 0.4) is 0 Å². The van der Waals surface area contributed by atoms with Gasteiger partial charge in [0.2, 0.25) is 5.95 Å². The van der Waals surface area contributed by atoms with Crippen molar-refractivity contribution in [3.05, 3.63) is 16.0 Å². The number of nitrogens with zero attached hydrogens (tertiary/aromatic N) is 4. The minimum Gasteiger partial charge on any atom is -0.376 e. The van der Waals surface area contributed by atoms with Crippen molar-refractivity contribution in [2.24, 2.45) is 14.1 Å². The summed E-state index contributed by atoms with van der Waals surface area (Å²) in [6.07, 6.45) is 2.35. The molecule has 0 spiro atoms. The van der Waals surface area contributed by atoms with Crippen molar-refractivity contribution in [2.45, 2.75) is 25.9 Å². The van der Waals surface area contributed by atoms with Crippen molar-refractivity contribution in [2.75, 3.05) is 18.5 Å². The third-order valence-electron chi connectivity index (χ3n) is 3.75. The molecule has 0 amide bonds. The van der Waals surface area contributed by atoms with Crippen LogP contribution in [-0.2, 0) is 18.8 Å². The summed E-state index contributed by atoms with van der Waals surface area (Å²) in [5, 5.41) is 7.47. The molecular formula is C13H19N5O2. The average Bonchev–Trinajstić information content (AvgIpc) is 3.01. The van der Waals surface area contributed by atoms with Gasteiger partial charge in [0.15, 0.2) is 5.52 Å². The molecule has 3 heterocycles. The quantitative estimate of drug-likeness (QED) is 0.887. The fourth-order valence-corrected chi connectivity index (χ4v) is 2.63. The molecule has 20 heavy (non-hydrogen) atoms. The van der Waals surface area contributed by atoms with E-state index in [-0.39, 0.29) is 11.7 Å². The van der Waals surface area contributed by atoms with E-state index < -0.39 is 0 Å². The summed E-state index contributed by atoms with van der Waals surface area (Å²) >= 11 is 0. The topological polar surface area (TPSA) is 74.0 Å². The van der Waals surface area contributed by atoms with Gasteiger partial charge in [-0.1, -0.05) is 0 Å². The lowest BCUT2D eigenvalue weighted by Gasteiger charge is -2.13. The molecule has 1 aliphatic heterocycles. The number of aryl methyl sites for hydroxylation is 2. The second-order valence-corrected chi connectivity index (χ2v) is 5.22. The van der Waals surface area contributed by atoms with Gasteiger partial charge in [-0.2, -0.15) is 5.10 Å². The molecule has 1 fully saturated rings. The third kappa shape index (κ3) is 2.07. The number of aromatic nitrogens is 4. The van der Waals surface area contributed by atoms with Crippen molar-refractivity contribution in [1.29, 1.82) is 0 Å². The molecule has 108 valence electrons. The van der Waals surface area contributed by atoms with Crippen LogP contribution in [-0.4, -0.2) is 38.6 Å². The number of hydrogen-bond donors (Lipinski definition) is 1. The lowest BCUT2D eigenvalue weighted by atomic mass is 10.2. The number of anilines is 1. The van der Waals surface area contributed by atoms with Crippen molar-refractivity contribution >= 4 is 17.0 Å². The van der Waals surface area contributed by atoms with Crippen molar-refractivity contribution in [1.82, 2.24) is 19.3 Å². The molecule has 7 nitrogen and oxygen atoms in total. The van der Waals surface area contributed by atoms with Crippen LogP contribution in [0.1, 0.15) is 18.5 Å². The highest BCUT2D eigenvalue weighted by molar-refractivity contribution is 5.77. The van der Waals surface area contributed by atoms with Gasteiger partial charge in [-0.25, -0.2) is 4.98 Å². The van der Waals surface area contributed by atoms with E-state index in [0.29, 0.717) is 23.5 Å². The van der Waals surface area contributed by atoms with Crippen LogP contribution in [0, 0.1) is 6.92 Å². The monoisotopic (exact) mass is 277 g/mol. The van der Waals surface area contributed by atoms with Crippen LogP contribution in [0.25, 0.3) is 11.0 Å². The second-order valence-electron chi connectivity index (χ2n) is 5.22. The summed E-state index contributed by atoms with van der Waals surface area (Å²) < 4.78 is 8.68. The minimum absolute atomic E-state index is 0.0899. The van der Waals surface area contributed by atoms with Gasteiger partial charge in [0, 0.05) is 27.2 Å². The van der Waals surface area contributed by atoms with E-state index in [9.17, 15) is 4.79 Å². The van der Waals surface area contributed by atoms with Crippen LogP contribution in [0.4, 0.5) is 5.95 Å². The Labute approximate surface area is 116 Å². The molecule has 0 bridgehead atoms. The summed E-state index contributed by atoms with van der Waals surface area (Å²) in [4.78, 5) is 16.9. The van der Waals surface area contributed by atoms with Gasteiger partial charge in [-0.15, -0.1) is 0 Å². The Morgan fingerprint density at radius 3 is 2.95 bits per heavy atom. The van der Waals surface area contributed by atoms with Crippen LogP contribution < -0.4 is 10.9 Å². The van der Waals surface area contributed by atoms with Crippen molar-refractivity contribution in [3.8, 4) is 0 Å². The normalized spacial score (nSPS) is 18.9. The Kier molecular flexibility index (Phi) is 3.21. The molecule has 0 unspecified atom stereocenters. The second kappa shape index (κ2) is 4.90. The molecule has 7 heteroatoms. The fraction of sp³-hybridized carbons (Fsp3) is 0.615. The van der Waals surface area contributed by atoms with Crippen LogP contribution in [0.5, 0.6) is 0 Å². The zero-order valence-electron chi connectivity index (χ0n) is 12.0. The zero-order chi connectivity index (χ0) is 14.3. The minimum atomic E-state index is -0.0899.